The van der Waals surface area contributed by atoms with E-state index in [2.05, 4.69) is 5.32 Å². The molecule has 0 aliphatic carbocycles. The van der Waals surface area contributed by atoms with Crippen molar-refractivity contribution in [2.75, 3.05) is 20.4 Å². The van der Waals surface area contributed by atoms with E-state index in [4.69, 9.17) is 4.74 Å². The van der Waals surface area contributed by atoms with Crippen molar-refractivity contribution < 1.29 is 17.9 Å². The number of rotatable bonds is 7. The minimum absolute atomic E-state index is 0.240. The normalized spacial score (nSPS) is 12.6. The number of nitrogens with one attached hydrogen (secondary N) is 1. The molecule has 1 atom stereocenters. The van der Waals surface area contributed by atoms with Crippen molar-refractivity contribution in [3.8, 4) is 5.75 Å². The molecule has 25 heavy (non-hydrogen) atoms. The number of likely N-dealkylation sites (N-methyl/N-ethyl adjacent to an activating group) is 1. The number of hydrogen-bond acceptors (Lipinski definition) is 4. The van der Waals surface area contributed by atoms with Gasteiger partial charge in [-0.3, -0.25) is 4.79 Å². The molecule has 2 aromatic carbocycles. The molecule has 0 bridgehead atoms. The summed E-state index contributed by atoms with van der Waals surface area (Å²) in [6.45, 7) is 0.240. The van der Waals surface area contributed by atoms with Gasteiger partial charge in [-0.15, -0.1) is 0 Å². The van der Waals surface area contributed by atoms with Crippen LogP contribution in [-0.2, 0) is 21.4 Å². The molecular weight excluding hydrogens is 340 g/mol. The molecule has 0 aliphatic rings. The van der Waals surface area contributed by atoms with Crippen LogP contribution in [0.25, 0.3) is 0 Å². The number of para-hydroxylation sites is 1. The van der Waals surface area contributed by atoms with E-state index in [1.165, 1.54) is 7.05 Å². The smallest absolute Gasteiger partial charge is 0.243 e. The third kappa shape index (κ3) is 4.80. The van der Waals surface area contributed by atoms with Gasteiger partial charge in [-0.25, -0.2) is 8.42 Å². The topological polar surface area (TPSA) is 75.7 Å². The third-order valence-electron chi connectivity index (χ3n) is 3.90. The maximum Gasteiger partial charge on any atom is 0.243 e. The standard InChI is InChI=1S/C18H22N2O4S/c1-20(25(3,22)23)17(14-9-5-4-6-10-14)18(21)19-13-15-11-7-8-12-16(15)24-2/h4-12,17H,13H2,1-3H3,(H,19,21)/t17-/m0/s1. The van der Waals surface area contributed by atoms with Gasteiger partial charge in [0.1, 0.15) is 11.8 Å². The van der Waals surface area contributed by atoms with E-state index >= 15 is 0 Å². The van der Waals surface area contributed by atoms with Crippen LogP contribution in [0, 0.1) is 0 Å². The number of sulfonamides is 1. The number of amides is 1. The Hall–Kier alpha value is -2.38. The van der Waals surface area contributed by atoms with E-state index in [0.29, 0.717) is 11.3 Å². The quantitative estimate of drug-likeness (QED) is 0.817. The second-order valence-electron chi connectivity index (χ2n) is 5.62. The summed E-state index contributed by atoms with van der Waals surface area (Å²) >= 11 is 0. The fourth-order valence-corrected chi connectivity index (χ4v) is 3.08. The molecule has 0 heterocycles. The summed E-state index contributed by atoms with van der Waals surface area (Å²) in [5.74, 6) is 0.264. The van der Waals surface area contributed by atoms with Crippen molar-refractivity contribution >= 4 is 15.9 Å². The van der Waals surface area contributed by atoms with Crippen LogP contribution >= 0.6 is 0 Å². The van der Waals surface area contributed by atoms with Crippen molar-refractivity contribution in [3.63, 3.8) is 0 Å². The summed E-state index contributed by atoms with van der Waals surface area (Å²) in [5, 5.41) is 2.80. The molecule has 1 N–H and O–H groups in total. The van der Waals surface area contributed by atoms with Gasteiger partial charge in [0.25, 0.3) is 0 Å². The second-order valence-corrected chi connectivity index (χ2v) is 7.66. The maximum atomic E-state index is 12.7. The van der Waals surface area contributed by atoms with E-state index in [-0.39, 0.29) is 6.54 Å². The number of carbonyl (C=O) groups excluding carboxylic acids is 1. The molecule has 0 aliphatic heterocycles. The van der Waals surface area contributed by atoms with Gasteiger partial charge in [0.2, 0.25) is 15.9 Å². The molecule has 0 radical (unpaired) electrons. The minimum Gasteiger partial charge on any atom is -0.496 e. The minimum atomic E-state index is -3.54. The Balaban J connectivity index is 2.24. The lowest BCUT2D eigenvalue weighted by atomic mass is 10.1. The summed E-state index contributed by atoms with van der Waals surface area (Å²) < 4.78 is 30.2. The van der Waals surface area contributed by atoms with Crippen molar-refractivity contribution in [2.45, 2.75) is 12.6 Å². The Morgan fingerprint density at radius 2 is 1.72 bits per heavy atom. The van der Waals surface area contributed by atoms with Gasteiger partial charge in [-0.1, -0.05) is 48.5 Å². The highest BCUT2D eigenvalue weighted by atomic mass is 32.2. The van der Waals surface area contributed by atoms with Crippen LogP contribution in [0.2, 0.25) is 0 Å². The fraction of sp³-hybridized carbons (Fsp3) is 0.278. The van der Waals surface area contributed by atoms with Crippen LogP contribution in [0.3, 0.4) is 0 Å². The van der Waals surface area contributed by atoms with Crippen LogP contribution in [0.15, 0.2) is 54.6 Å². The lowest BCUT2D eigenvalue weighted by Gasteiger charge is -2.25. The Labute approximate surface area is 148 Å². The zero-order valence-corrected chi connectivity index (χ0v) is 15.3. The van der Waals surface area contributed by atoms with E-state index in [9.17, 15) is 13.2 Å². The SMILES string of the molecule is COc1ccccc1CNC(=O)[C@H](c1ccccc1)N(C)S(C)(=O)=O. The number of ether oxygens (including phenoxy) is 1. The second kappa shape index (κ2) is 8.13. The molecule has 0 aromatic heterocycles. The van der Waals surface area contributed by atoms with Crippen molar-refractivity contribution in [1.82, 2.24) is 9.62 Å². The molecule has 134 valence electrons. The lowest BCUT2D eigenvalue weighted by molar-refractivity contribution is -0.125. The number of nitrogens with zero attached hydrogens (tertiary/aromatic N) is 1. The van der Waals surface area contributed by atoms with Gasteiger partial charge in [-0.2, -0.15) is 4.31 Å². The zero-order valence-electron chi connectivity index (χ0n) is 14.5. The van der Waals surface area contributed by atoms with Crippen LogP contribution in [0.4, 0.5) is 0 Å². The van der Waals surface area contributed by atoms with E-state index in [0.717, 1.165) is 16.1 Å². The first-order valence-electron chi connectivity index (χ1n) is 7.72. The number of hydrogen-bond donors (Lipinski definition) is 1. The highest BCUT2D eigenvalue weighted by Gasteiger charge is 2.30. The zero-order chi connectivity index (χ0) is 18.4. The van der Waals surface area contributed by atoms with Gasteiger partial charge in [0, 0.05) is 19.2 Å². The predicted octanol–water partition coefficient (Wildman–Crippen LogP) is 1.94. The molecular formula is C18H22N2O4S. The van der Waals surface area contributed by atoms with Crippen LogP contribution in [-0.4, -0.2) is 39.0 Å². The largest absolute Gasteiger partial charge is 0.496 e. The summed E-state index contributed by atoms with van der Waals surface area (Å²) in [5.41, 5.74) is 1.42. The van der Waals surface area contributed by atoms with Crippen molar-refractivity contribution in [2.24, 2.45) is 0 Å². The first-order valence-corrected chi connectivity index (χ1v) is 9.57. The van der Waals surface area contributed by atoms with Gasteiger partial charge in [-0.05, 0) is 11.6 Å². The molecule has 0 spiro atoms. The molecule has 0 unspecified atom stereocenters. The number of carbonyl (C=O) groups is 1. The monoisotopic (exact) mass is 362 g/mol. The molecule has 0 fully saturated rings. The molecule has 1 amide bonds. The molecule has 2 aromatic rings. The average molecular weight is 362 g/mol. The molecule has 0 saturated carbocycles. The summed E-state index contributed by atoms with van der Waals surface area (Å²) in [4.78, 5) is 12.7. The van der Waals surface area contributed by atoms with Gasteiger partial charge < -0.3 is 10.1 Å². The molecule has 0 saturated heterocycles. The summed E-state index contributed by atoms with van der Waals surface area (Å²) in [7, 11) is -0.584. The highest BCUT2D eigenvalue weighted by molar-refractivity contribution is 7.88. The summed E-state index contributed by atoms with van der Waals surface area (Å²) in [6, 6.07) is 15.2. The van der Waals surface area contributed by atoms with Crippen LogP contribution in [0.1, 0.15) is 17.2 Å². The fourth-order valence-electron chi connectivity index (χ4n) is 2.48. The predicted molar refractivity (Wildman–Crippen MR) is 96.6 cm³/mol. The van der Waals surface area contributed by atoms with Gasteiger partial charge in [0.15, 0.2) is 0 Å². The Kier molecular flexibility index (Phi) is 6.17. The average Bonchev–Trinajstić information content (AvgIpc) is 2.60. The third-order valence-corrected chi connectivity index (χ3v) is 5.15. The molecule has 2 rings (SSSR count). The van der Waals surface area contributed by atoms with E-state index < -0.39 is 22.0 Å². The lowest BCUT2D eigenvalue weighted by Crippen LogP contribution is -2.41. The Bertz CT molecular complexity index is 822. The first kappa shape index (κ1) is 19.0. The Morgan fingerprint density at radius 3 is 2.32 bits per heavy atom. The van der Waals surface area contributed by atoms with Crippen LogP contribution in [0.5, 0.6) is 5.75 Å². The van der Waals surface area contributed by atoms with Crippen LogP contribution < -0.4 is 10.1 Å². The van der Waals surface area contributed by atoms with E-state index in [1.807, 2.05) is 24.3 Å². The van der Waals surface area contributed by atoms with Gasteiger partial charge in [0.05, 0.1) is 13.4 Å². The Morgan fingerprint density at radius 1 is 1.12 bits per heavy atom. The number of benzene rings is 2. The maximum absolute atomic E-state index is 12.7. The summed E-state index contributed by atoms with van der Waals surface area (Å²) in [6.07, 6.45) is 1.08. The molecule has 7 heteroatoms. The highest BCUT2D eigenvalue weighted by Crippen LogP contribution is 2.23. The molecule has 6 nitrogen and oxygen atoms in total. The van der Waals surface area contributed by atoms with E-state index in [1.54, 1.807) is 37.4 Å². The van der Waals surface area contributed by atoms with Crippen molar-refractivity contribution in [1.29, 1.82) is 0 Å². The van der Waals surface area contributed by atoms with Gasteiger partial charge >= 0.3 is 0 Å². The first-order chi connectivity index (χ1) is 11.8. The van der Waals surface area contributed by atoms with Crippen molar-refractivity contribution in [3.05, 3.63) is 65.7 Å². The number of methoxy groups -OCH3 is 1.